The van der Waals surface area contributed by atoms with E-state index in [4.69, 9.17) is 0 Å². The van der Waals surface area contributed by atoms with E-state index in [-0.39, 0.29) is 18.0 Å². The summed E-state index contributed by atoms with van der Waals surface area (Å²) in [6.45, 7) is 6.43. The predicted octanol–water partition coefficient (Wildman–Crippen LogP) is 1.97. The number of hydrogen-bond acceptors (Lipinski definition) is 3. The molecule has 0 bridgehead atoms. The molecule has 1 aromatic heterocycles. The molecule has 6 nitrogen and oxygen atoms in total. The zero-order valence-electron chi connectivity index (χ0n) is 14.9. The number of carboxylic acids is 1. The highest BCUT2D eigenvalue weighted by Gasteiger charge is 2.26. The van der Waals surface area contributed by atoms with Gasteiger partial charge in [-0.1, -0.05) is 25.1 Å². The van der Waals surface area contributed by atoms with E-state index in [1.807, 2.05) is 29.2 Å². The Morgan fingerprint density at radius 1 is 1.12 bits per heavy atom. The van der Waals surface area contributed by atoms with Crippen molar-refractivity contribution in [2.24, 2.45) is 7.05 Å². The molecule has 1 amide bonds. The summed E-state index contributed by atoms with van der Waals surface area (Å²) in [6.07, 6.45) is 1.25. The Labute approximate surface area is 147 Å². The van der Waals surface area contributed by atoms with Gasteiger partial charge in [0.2, 0.25) is 5.91 Å². The Bertz CT molecular complexity index is 789. The number of carbonyl (C=O) groups excluding carboxylic acids is 1. The van der Waals surface area contributed by atoms with Crippen molar-refractivity contribution in [2.45, 2.75) is 19.8 Å². The molecule has 3 rings (SSSR count). The minimum atomic E-state index is -0.991. The zero-order chi connectivity index (χ0) is 18.0. The highest BCUT2D eigenvalue weighted by molar-refractivity contribution is 6.00. The molecule has 2 aromatic rings. The van der Waals surface area contributed by atoms with Crippen LogP contribution in [0, 0.1) is 0 Å². The van der Waals surface area contributed by atoms with Gasteiger partial charge in [0.05, 0.1) is 6.42 Å². The molecule has 2 heterocycles. The van der Waals surface area contributed by atoms with Gasteiger partial charge in [0.15, 0.2) is 0 Å². The molecule has 0 saturated carbocycles. The number of aromatic carboxylic acids is 1. The maximum atomic E-state index is 12.8. The summed E-state index contributed by atoms with van der Waals surface area (Å²) < 4.78 is 1.67. The molecule has 1 fully saturated rings. The van der Waals surface area contributed by atoms with Crippen LogP contribution in [-0.4, -0.2) is 64.1 Å². The minimum absolute atomic E-state index is 0.00926. The van der Waals surface area contributed by atoms with Crippen molar-refractivity contribution in [1.29, 1.82) is 0 Å². The van der Waals surface area contributed by atoms with Gasteiger partial charge >= 0.3 is 5.97 Å². The normalized spacial score (nSPS) is 15.7. The van der Waals surface area contributed by atoms with E-state index in [2.05, 4.69) is 11.8 Å². The van der Waals surface area contributed by atoms with Crippen molar-refractivity contribution in [1.82, 2.24) is 14.4 Å². The summed E-state index contributed by atoms with van der Waals surface area (Å²) in [5.41, 5.74) is 1.67. The second kappa shape index (κ2) is 7.27. The van der Waals surface area contributed by atoms with Gasteiger partial charge in [-0.2, -0.15) is 0 Å². The van der Waals surface area contributed by atoms with Gasteiger partial charge in [-0.05, 0) is 19.0 Å². The molecule has 0 radical (unpaired) electrons. The Morgan fingerprint density at radius 2 is 1.80 bits per heavy atom. The number of piperazine rings is 1. The number of aromatic nitrogens is 1. The molecule has 0 atom stereocenters. The Kier molecular flexibility index (Phi) is 5.08. The van der Waals surface area contributed by atoms with Crippen LogP contribution in [0.25, 0.3) is 10.9 Å². The Morgan fingerprint density at radius 3 is 2.44 bits per heavy atom. The van der Waals surface area contributed by atoms with Crippen LogP contribution < -0.4 is 0 Å². The summed E-state index contributed by atoms with van der Waals surface area (Å²) in [7, 11) is 1.74. The number of benzene rings is 1. The van der Waals surface area contributed by atoms with Crippen molar-refractivity contribution in [3.8, 4) is 0 Å². The third-order valence-electron chi connectivity index (χ3n) is 5.01. The van der Waals surface area contributed by atoms with Crippen LogP contribution in [0.1, 0.15) is 29.4 Å². The van der Waals surface area contributed by atoms with Gasteiger partial charge in [0.25, 0.3) is 0 Å². The number of carboxylic acid groups (broad SMARTS) is 1. The fourth-order valence-corrected chi connectivity index (χ4v) is 3.72. The average Bonchev–Trinajstić information content (AvgIpc) is 2.88. The second-order valence-corrected chi connectivity index (χ2v) is 6.61. The summed E-state index contributed by atoms with van der Waals surface area (Å²) in [5, 5.41) is 10.5. The molecule has 0 aliphatic carbocycles. The number of carbonyl (C=O) groups is 2. The van der Waals surface area contributed by atoms with E-state index in [0.717, 1.165) is 37.0 Å². The van der Waals surface area contributed by atoms with Crippen molar-refractivity contribution < 1.29 is 14.7 Å². The summed E-state index contributed by atoms with van der Waals surface area (Å²) in [4.78, 5) is 28.7. The lowest BCUT2D eigenvalue weighted by atomic mass is 10.1. The molecule has 25 heavy (non-hydrogen) atoms. The fourth-order valence-electron chi connectivity index (χ4n) is 3.72. The Balaban J connectivity index is 1.82. The van der Waals surface area contributed by atoms with E-state index in [9.17, 15) is 14.7 Å². The van der Waals surface area contributed by atoms with Crippen LogP contribution in [0.15, 0.2) is 24.3 Å². The van der Waals surface area contributed by atoms with E-state index in [1.54, 1.807) is 11.6 Å². The van der Waals surface area contributed by atoms with Crippen LogP contribution >= 0.6 is 0 Å². The van der Waals surface area contributed by atoms with Gasteiger partial charge in [0, 0.05) is 49.7 Å². The van der Waals surface area contributed by atoms with Crippen LogP contribution in [0.5, 0.6) is 0 Å². The number of para-hydroxylation sites is 1. The van der Waals surface area contributed by atoms with Gasteiger partial charge in [0.1, 0.15) is 5.69 Å². The van der Waals surface area contributed by atoms with E-state index >= 15 is 0 Å². The van der Waals surface area contributed by atoms with Crippen LogP contribution in [0.3, 0.4) is 0 Å². The molecule has 1 aliphatic rings. The molecule has 1 N–H and O–H groups in total. The highest BCUT2D eigenvalue weighted by atomic mass is 16.4. The van der Waals surface area contributed by atoms with E-state index in [0.29, 0.717) is 18.7 Å². The summed E-state index contributed by atoms with van der Waals surface area (Å²) in [5.74, 6) is -0.982. The maximum Gasteiger partial charge on any atom is 0.352 e. The first-order valence-electron chi connectivity index (χ1n) is 8.82. The molecule has 134 valence electrons. The monoisotopic (exact) mass is 343 g/mol. The molecular weight excluding hydrogens is 318 g/mol. The highest BCUT2D eigenvalue weighted by Crippen LogP contribution is 2.26. The van der Waals surface area contributed by atoms with Crippen molar-refractivity contribution >= 4 is 22.8 Å². The lowest BCUT2D eigenvalue weighted by Crippen LogP contribution is -2.49. The Hall–Kier alpha value is -2.34. The van der Waals surface area contributed by atoms with Crippen LogP contribution in [-0.2, 0) is 18.3 Å². The SMILES string of the molecule is CCCN1CCN(C(=O)Cc2c(C(=O)O)n(C)c3ccccc23)CC1. The van der Waals surface area contributed by atoms with Crippen LogP contribution in [0.4, 0.5) is 0 Å². The first kappa shape index (κ1) is 17.5. The molecule has 1 aromatic carbocycles. The smallest absolute Gasteiger partial charge is 0.352 e. The largest absolute Gasteiger partial charge is 0.477 e. The van der Waals surface area contributed by atoms with Crippen molar-refractivity contribution in [2.75, 3.05) is 32.7 Å². The van der Waals surface area contributed by atoms with E-state index < -0.39 is 5.97 Å². The molecule has 1 saturated heterocycles. The number of fused-ring (bicyclic) bond motifs is 1. The lowest BCUT2D eigenvalue weighted by molar-refractivity contribution is -0.132. The van der Waals surface area contributed by atoms with Gasteiger partial charge in [-0.15, -0.1) is 0 Å². The maximum absolute atomic E-state index is 12.8. The lowest BCUT2D eigenvalue weighted by Gasteiger charge is -2.34. The first-order chi connectivity index (χ1) is 12.0. The molecule has 0 unspecified atom stereocenters. The number of hydrogen-bond donors (Lipinski definition) is 1. The molecule has 1 aliphatic heterocycles. The average molecular weight is 343 g/mol. The van der Waals surface area contributed by atoms with Gasteiger partial charge in [-0.25, -0.2) is 4.79 Å². The fraction of sp³-hybridized carbons (Fsp3) is 0.474. The number of amides is 1. The topological polar surface area (TPSA) is 65.8 Å². The van der Waals surface area contributed by atoms with Crippen LogP contribution in [0.2, 0.25) is 0 Å². The predicted molar refractivity (Wildman–Crippen MR) is 96.9 cm³/mol. The van der Waals surface area contributed by atoms with Gasteiger partial charge in [-0.3, -0.25) is 9.69 Å². The van der Waals surface area contributed by atoms with Gasteiger partial charge < -0.3 is 14.6 Å². The summed E-state index contributed by atoms with van der Waals surface area (Å²) >= 11 is 0. The first-order valence-corrected chi connectivity index (χ1v) is 8.82. The quantitative estimate of drug-likeness (QED) is 0.901. The standard InChI is InChI=1S/C19H25N3O3/c1-3-8-21-9-11-22(12-10-21)17(23)13-15-14-6-4-5-7-16(14)20(2)18(15)19(24)25/h4-7H,3,8-13H2,1-2H3,(H,24,25). The van der Waals surface area contributed by atoms with Crippen molar-refractivity contribution in [3.05, 3.63) is 35.5 Å². The minimum Gasteiger partial charge on any atom is -0.477 e. The number of aryl methyl sites for hydroxylation is 1. The third-order valence-corrected chi connectivity index (χ3v) is 5.01. The zero-order valence-corrected chi connectivity index (χ0v) is 14.9. The second-order valence-electron chi connectivity index (χ2n) is 6.61. The number of nitrogens with zero attached hydrogens (tertiary/aromatic N) is 3. The number of rotatable bonds is 5. The summed E-state index contributed by atoms with van der Waals surface area (Å²) in [6, 6.07) is 7.54. The molecular formula is C19H25N3O3. The molecule has 0 spiro atoms. The van der Waals surface area contributed by atoms with E-state index in [1.165, 1.54) is 0 Å². The molecule has 6 heteroatoms. The van der Waals surface area contributed by atoms with Crippen molar-refractivity contribution in [3.63, 3.8) is 0 Å². The third kappa shape index (κ3) is 3.39.